The van der Waals surface area contributed by atoms with Crippen molar-refractivity contribution in [1.29, 1.82) is 0 Å². The van der Waals surface area contributed by atoms with Crippen LogP contribution in [0.2, 0.25) is 0 Å². The van der Waals surface area contributed by atoms with E-state index in [4.69, 9.17) is 0 Å². The van der Waals surface area contributed by atoms with Crippen LogP contribution >= 0.6 is 0 Å². The number of piperidine rings is 1. The van der Waals surface area contributed by atoms with Crippen molar-refractivity contribution in [3.63, 3.8) is 0 Å². The Bertz CT molecular complexity index is 575. The minimum atomic E-state index is 0.165. The maximum Gasteiger partial charge on any atom is 0.236 e. The highest BCUT2D eigenvalue weighted by atomic mass is 16.2. The minimum absolute atomic E-state index is 0.165. The van der Waals surface area contributed by atoms with E-state index in [1.165, 1.54) is 5.56 Å². The number of hydrogen-bond donors (Lipinski definition) is 1. The molecule has 5 heteroatoms. The van der Waals surface area contributed by atoms with Gasteiger partial charge < -0.3 is 15.1 Å². The van der Waals surface area contributed by atoms with E-state index in [2.05, 4.69) is 24.4 Å². The van der Waals surface area contributed by atoms with Crippen molar-refractivity contribution in [2.75, 3.05) is 32.7 Å². The average molecular weight is 329 g/mol. The maximum absolute atomic E-state index is 12.7. The van der Waals surface area contributed by atoms with Gasteiger partial charge in [-0.2, -0.15) is 0 Å². The maximum atomic E-state index is 12.7. The predicted molar refractivity (Wildman–Crippen MR) is 93.7 cm³/mol. The number of rotatable bonds is 4. The molecule has 24 heavy (non-hydrogen) atoms. The van der Waals surface area contributed by atoms with Gasteiger partial charge in [0, 0.05) is 38.6 Å². The number of carbonyl (C=O) groups excluding carboxylic acids is 2. The molecule has 2 aliphatic heterocycles. The van der Waals surface area contributed by atoms with Crippen LogP contribution in [0.4, 0.5) is 0 Å². The van der Waals surface area contributed by atoms with Crippen LogP contribution in [0.1, 0.15) is 37.7 Å². The summed E-state index contributed by atoms with van der Waals surface area (Å²) in [5.41, 5.74) is 1.21. The van der Waals surface area contributed by atoms with E-state index in [1.807, 2.05) is 28.0 Å². The van der Waals surface area contributed by atoms with E-state index in [9.17, 15) is 9.59 Å². The van der Waals surface area contributed by atoms with Crippen LogP contribution in [0.5, 0.6) is 0 Å². The third kappa shape index (κ3) is 3.96. The van der Waals surface area contributed by atoms with Crippen molar-refractivity contribution in [3.8, 4) is 0 Å². The zero-order chi connectivity index (χ0) is 16.9. The van der Waals surface area contributed by atoms with Gasteiger partial charge in [0.1, 0.15) is 0 Å². The Hall–Kier alpha value is -1.88. The van der Waals surface area contributed by atoms with Crippen LogP contribution in [-0.2, 0) is 9.59 Å². The first-order valence-electron chi connectivity index (χ1n) is 8.98. The number of piperazine rings is 1. The van der Waals surface area contributed by atoms with Crippen molar-refractivity contribution in [2.24, 2.45) is 0 Å². The Morgan fingerprint density at radius 2 is 2.08 bits per heavy atom. The highest BCUT2D eigenvalue weighted by Crippen LogP contribution is 2.22. The number of hydrogen-bond acceptors (Lipinski definition) is 3. The normalized spacial score (nSPS) is 23.2. The largest absolute Gasteiger partial charge is 0.341 e. The van der Waals surface area contributed by atoms with Crippen LogP contribution in [0.3, 0.4) is 0 Å². The number of nitrogens with zero attached hydrogens (tertiary/aromatic N) is 2. The summed E-state index contributed by atoms with van der Waals surface area (Å²) >= 11 is 0. The van der Waals surface area contributed by atoms with E-state index in [0.717, 1.165) is 32.5 Å². The lowest BCUT2D eigenvalue weighted by Crippen LogP contribution is -2.57. The number of nitrogens with one attached hydrogen (secondary N) is 1. The predicted octanol–water partition coefficient (Wildman–Crippen LogP) is 1.60. The first-order valence-corrected chi connectivity index (χ1v) is 8.98. The molecule has 2 unspecified atom stereocenters. The van der Waals surface area contributed by atoms with Gasteiger partial charge in [0.05, 0.1) is 6.54 Å². The summed E-state index contributed by atoms with van der Waals surface area (Å²) in [5.74, 6) is 0.594. The lowest BCUT2D eigenvalue weighted by molar-refractivity contribution is -0.140. The van der Waals surface area contributed by atoms with Gasteiger partial charge in [-0.05, 0) is 24.3 Å². The molecule has 0 spiro atoms. The number of carbonyl (C=O) groups is 2. The number of likely N-dealkylation sites (tertiary alicyclic amines) is 1. The fourth-order valence-electron chi connectivity index (χ4n) is 3.73. The molecule has 0 bridgehead atoms. The summed E-state index contributed by atoms with van der Waals surface area (Å²) in [7, 11) is 0. The second-order valence-corrected chi connectivity index (χ2v) is 6.92. The Morgan fingerprint density at radius 1 is 1.29 bits per heavy atom. The van der Waals surface area contributed by atoms with E-state index in [-0.39, 0.29) is 23.8 Å². The first kappa shape index (κ1) is 17.0. The summed E-state index contributed by atoms with van der Waals surface area (Å²) < 4.78 is 0. The molecule has 1 N–H and O–H groups in total. The third-order valence-corrected chi connectivity index (χ3v) is 5.17. The zero-order valence-corrected chi connectivity index (χ0v) is 14.4. The number of amides is 2. The van der Waals surface area contributed by atoms with Crippen molar-refractivity contribution in [3.05, 3.63) is 35.9 Å². The minimum Gasteiger partial charge on any atom is -0.341 e. The second kappa shape index (κ2) is 7.79. The topological polar surface area (TPSA) is 52.7 Å². The fraction of sp³-hybridized carbons (Fsp3) is 0.579. The summed E-state index contributed by atoms with van der Waals surface area (Å²) in [6, 6.07) is 10.4. The monoisotopic (exact) mass is 329 g/mol. The quantitative estimate of drug-likeness (QED) is 0.913. The van der Waals surface area contributed by atoms with E-state index in [1.54, 1.807) is 0 Å². The van der Waals surface area contributed by atoms with Gasteiger partial charge in [-0.25, -0.2) is 0 Å². The summed E-state index contributed by atoms with van der Waals surface area (Å²) in [4.78, 5) is 28.7. The Labute approximate surface area is 144 Å². The molecule has 2 heterocycles. The molecule has 2 fully saturated rings. The van der Waals surface area contributed by atoms with Crippen molar-refractivity contribution in [1.82, 2.24) is 15.1 Å². The second-order valence-electron chi connectivity index (χ2n) is 6.92. The Kier molecular flexibility index (Phi) is 5.51. The van der Waals surface area contributed by atoms with Gasteiger partial charge >= 0.3 is 0 Å². The molecular weight excluding hydrogens is 302 g/mol. The highest BCUT2D eigenvalue weighted by Gasteiger charge is 2.31. The molecule has 5 nitrogen and oxygen atoms in total. The zero-order valence-electron chi connectivity index (χ0n) is 14.4. The summed E-state index contributed by atoms with van der Waals surface area (Å²) in [6.07, 6.45) is 2.52. The third-order valence-electron chi connectivity index (χ3n) is 5.17. The van der Waals surface area contributed by atoms with Gasteiger partial charge in [0.15, 0.2) is 0 Å². The molecule has 0 aromatic heterocycles. The fourth-order valence-corrected chi connectivity index (χ4v) is 3.73. The average Bonchev–Trinajstić information content (AvgIpc) is 2.63. The molecule has 1 aromatic rings. The van der Waals surface area contributed by atoms with Gasteiger partial charge in [-0.15, -0.1) is 0 Å². The van der Waals surface area contributed by atoms with E-state index in [0.29, 0.717) is 19.5 Å². The van der Waals surface area contributed by atoms with Crippen molar-refractivity contribution < 1.29 is 9.59 Å². The molecule has 2 saturated heterocycles. The smallest absolute Gasteiger partial charge is 0.236 e. The van der Waals surface area contributed by atoms with Crippen LogP contribution < -0.4 is 5.32 Å². The number of benzene rings is 1. The first-order chi connectivity index (χ1) is 11.6. The van der Waals surface area contributed by atoms with E-state index >= 15 is 0 Å². The molecule has 1 aromatic carbocycles. The molecule has 130 valence electrons. The summed E-state index contributed by atoms with van der Waals surface area (Å²) in [5, 5.41) is 3.11. The molecule has 0 aliphatic carbocycles. The van der Waals surface area contributed by atoms with Crippen molar-refractivity contribution in [2.45, 2.75) is 38.1 Å². The van der Waals surface area contributed by atoms with Gasteiger partial charge in [-0.1, -0.05) is 37.3 Å². The lowest BCUT2D eigenvalue weighted by Gasteiger charge is -2.41. The van der Waals surface area contributed by atoms with Crippen LogP contribution in [0.25, 0.3) is 0 Å². The summed E-state index contributed by atoms with van der Waals surface area (Å²) in [6.45, 7) is 5.64. The molecule has 3 rings (SSSR count). The lowest BCUT2D eigenvalue weighted by atomic mass is 9.96. The van der Waals surface area contributed by atoms with Crippen LogP contribution in [0, 0.1) is 0 Å². The SMILES string of the molecule is CC(CC(=O)N1CCCC(N2CCNCC2=O)C1)c1ccccc1. The van der Waals surface area contributed by atoms with Gasteiger partial charge in [-0.3, -0.25) is 9.59 Å². The van der Waals surface area contributed by atoms with Crippen LogP contribution in [0.15, 0.2) is 30.3 Å². The molecule has 0 radical (unpaired) electrons. The van der Waals surface area contributed by atoms with Gasteiger partial charge in [0.2, 0.25) is 11.8 Å². The highest BCUT2D eigenvalue weighted by molar-refractivity contribution is 5.80. The standard InChI is InChI=1S/C19H27N3O2/c1-15(16-6-3-2-4-7-16)12-18(23)21-10-5-8-17(14-21)22-11-9-20-13-19(22)24/h2-4,6-7,15,17,20H,5,8-14H2,1H3. The molecule has 2 amide bonds. The van der Waals surface area contributed by atoms with Gasteiger partial charge in [0.25, 0.3) is 0 Å². The molecular formula is C19H27N3O2. The molecule has 2 aliphatic rings. The molecule has 0 saturated carbocycles. The Morgan fingerprint density at radius 3 is 2.83 bits per heavy atom. The Balaban J connectivity index is 1.57. The van der Waals surface area contributed by atoms with Crippen molar-refractivity contribution >= 4 is 11.8 Å². The van der Waals surface area contributed by atoms with E-state index < -0.39 is 0 Å². The van der Waals surface area contributed by atoms with Crippen LogP contribution in [-0.4, -0.2) is 60.4 Å². The molecule has 2 atom stereocenters.